The molecule has 20 atom stereocenters. The highest BCUT2D eigenvalue weighted by molar-refractivity contribution is 5.86. The van der Waals surface area contributed by atoms with E-state index in [4.69, 9.17) is 18.9 Å². The Kier molecular flexibility index (Phi) is 11.2. The van der Waals surface area contributed by atoms with Crippen LogP contribution in [-0.2, 0) is 23.7 Å². The number of rotatable bonds is 10. The van der Waals surface area contributed by atoms with Gasteiger partial charge < -0.3 is 59.8 Å². The van der Waals surface area contributed by atoms with E-state index in [1.807, 2.05) is 0 Å². The van der Waals surface area contributed by atoms with Gasteiger partial charge in [0.15, 0.2) is 12.6 Å². The Morgan fingerprint density at radius 2 is 1.38 bits per heavy atom. The minimum atomic E-state index is -1.55. The predicted octanol–water partition coefficient (Wildman–Crippen LogP) is 1.97. The summed E-state index contributed by atoms with van der Waals surface area (Å²) >= 11 is 0. The van der Waals surface area contributed by atoms with Crippen molar-refractivity contribution in [1.29, 1.82) is 0 Å². The van der Waals surface area contributed by atoms with Crippen LogP contribution >= 0.6 is 0 Å². The lowest BCUT2D eigenvalue weighted by Crippen LogP contribution is -2.63. The number of aliphatic hydroxyl groups excluding tert-OH is 8. The van der Waals surface area contributed by atoms with E-state index >= 15 is 0 Å². The molecule has 0 bridgehead atoms. The normalized spacial score (nSPS) is 53.4. The van der Waals surface area contributed by atoms with Crippen LogP contribution in [0.1, 0.15) is 106 Å². The maximum Gasteiger partial charge on any atom is 0.186 e. The number of ketones is 1. The highest BCUT2D eigenvalue weighted by atomic mass is 16.7. The summed E-state index contributed by atoms with van der Waals surface area (Å²) in [5, 5.41) is 83.5. The zero-order valence-electron chi connectivity index (χ0n) is 33.7. The number of carbonyl (C=O) groups is 1. The van der Waals surface area contributed by atoms with E-state index in [9.17, 15) is 45.6 Å². The molecule has 0 aromatic rings. The van der Waals surface area contributed by atoms with Crippen LogP contribution in [0.15, 0.2) is 11.6 Å². The fraction of sp³-hybridized carbons (Fsp3) is 0.929. The van der Waals surface area contributed by atoms with Gasteiger partial charge in [-0.1, -0.05) is 46.3 Å². The summed E-state index contributed by atoms with van der Waals surface area (Å²) in [7, 11) is 0. The molecule has 2 heterocycles. The van der Waals surface area contributed by atoms with Crippen molar-refractivity contribution in [2.75, 3.05) is 13.2 Å². The largest absolute Gasteiger partial charge is 0.394 e. The van der Waals surface area contributed by atoms with Gasteiger partial charge in [0.1, 0.15) is 54.6 Å². The zero-order valence-corrected chi connectivity index (χ0v) is 33.7. The van der Waals surface area contributed by atoms with Crippen molar-refractivity contribution in [2.45, 2.75) is 180 Å². The third kappa shape index (κ3) is 6.19. The Morgan fingerprint density at radius 3 is 1.95 bits per heavy atom. The van der Waals surface area contributed by atoms with Gasteiger partial charge >= 0.3 is 0 Å². The smallest absolute Gasteiger partial charge is 0.186 e. The van der Waals surface area contributed by atoms with Crippen LogP contribution in [0.25, 0.3) is 0 Å². The second kappa shape index (κ2) is 14.6. The van der Waals surface area contributed by atoms with Crippen molar-refractivity contribution in [3.8, 4) is 0 Å². The number of Topliss-reactive ketones (excluding diaryl/α,β-unsaturated/α-hetero) is 1. The topological polar surface area (TPSA) is 216 Å². The minimum Gasteiger partial charge on any atom is -0.394 e. The lowest BCUT2D eigenvalue weighted by atomic mass is 9.41. The Labute approximate surface area is 325 Å². The van der Waals surface area contributed by atoms with Crippen molar-refractivity contribution >= 4 is 5.78 Å². The van der Waals surface area contributed by atoms with Crippen LogP contribution in [-0.4, -0.2) is 133 Å². The van der Waals surface area contributed by atoms with Gasteiger partial charge in [-0.25, -0.2) is 0 Å². The lowest BCUT2D eigenvalue weighted by molar-refractivity contribution is -0.325. The quantitative estimate of drug-likeness (QED) is 0.118. The van der Waals surface area contributed by atoms with Crippen molar-refractivity contribution in [2.24, 2.45) is 50.7 Å². The number of aliphatic hydroxyl groups is 8. The molecule has 314 valence electrons. The first-order chi connectivity index (χ1) is 25.7. The molecule has 20 unspecified atom stereocenters. The van der Waals surface area contributed by atoms with Crippen LogP contribution < -0.4 is 0 Å². The maximum atomic E-state index is 14.8. The van der Waals surface area contributed by atoms with Gasteiger partial charge in [0.25, 0.3) is 0 Å². The van der Waals surface area contributed by atoms with E-state index < -0.39 is 86.1 Å². The van der Waals surface area contributed by atoms with Crippen LogP contribution in [0.4, 0.5) is 0 Å². The summed E-state index contributed by atoms with van der Waals surface area (Å²) in [6.45, 7) is 14.2. The molecule has 5 saturated carbocycles. The molecule has 7 fully saturated rings. The van der Waals surface area contributed by atoms with Crippen molar-refractivity contribution in [3.63, 3.8) is 0 Å². The first-order valence-corrected chi connectivity index (χ1v) is 20.8. The van der Waals surface area contributed by atoms with Crippen molar-refractivity contribution in [3.05, 3.63) is 11.6 Å². The molecule has 7 aliphatic rings. The third-order valence-electron chi connectivity index (χ3n) is 16.9. The first-order valence-electron chi connectivity index (χ1n) is 20.8. The van der Waals surface area contributed by atoms with Crippen LogP contribution in [0.3, 0.4) is 0 Å². The highest BCUT2D eigenvalue weighted by Crippen LogP contribution is 2.88. The van der Waals surface area contributed by atoms with Gasteiger partial charge in [0.2, 0.25) is 0 Å². The maximum absolute atomic E-state index is 14.8. The average Bonchev–Trinajstić information content (AvgIpc) is 3.71. The van der Waals surface area contributed by atoms with E-state index in [1.165, 1.54) is 5.57 Å². The Hall–Kier alpha value is -1.07. The molecule has 7 rings (SSSR count). The van der Waals surface area contributed by atoms with Crippen molar-refractivity contribution < 1.29 is 64.6 Å². The van der Waals surface area contributed by atoms with E-state index in [1.54, 1.807) is 0 Å². The molecule has 13 nitrogen and oxygen atoms in total. The SMILES string of the molecule is CC(C)=CCCC(C)C1C(OC2OC(CO)C(O)C(O)C2O)CC2(C)C3CC(=O)C4C(C)(C)C(OC5OC(CO)C(O)C(O)C5O)CCC45CC35CCC12C. The van der Waals surface area contributed by atoms with Gasteiger partial charge in [0, 0.05) is 17.8 Å². The molecule has 5 aliphatic carbocycles. The Bertz CT molecular complexity index is 1460. The molecule has 0 aromatic heterocycles. The monoisotopic (exact) mass is 780 g/mol. The molecule has 0 radical (unpaired) electrons. The number of fused-ring (bicyclic) bond motifs is 2. The highest BCUT2D eigenvalue weighted by Gasteiger charge is 2.84. The summed E-state index contributed by atoms with van der Waals surface area (Å²) in [6, 6.07) is 0. The molecule has 0 amide bonds. The van der Waals surface area contributed by atoms with Gasteiger partial charge in [-0.15, -0.1) is 0 Å². The number of allylic oxidation sites excluding steroid dienone is 2. The second-order valence-corrected chi connectivity index (χ2v) is 20.1. The predicted molar refractivity (Wildman–Crippen MR) is 198 cm³/mol. The molecular weight excluding hydrogens is 712 g/mol. The van der Waals surface area contributed by atoms with Gasteiger partial charge in [-0.2, -0.15) is 0 Å². The fourth-order valence-electron chi connectivity index (χ4n) is 14.0. The van der Waals surface area contributed by atoms with Gasteiger partial charge in [0.05, 0.1) is 25.4 Å². The minimum absolute atomic E-state index is 0.0504. The number of hydrogen-bond acceptors (Lipinski definition) is 13. The van der Waals surface area contributed by atoms with Gasteiger partial charge in [-0.05, 0) is 105 Å². The first kappa shape index (κ1) is 42.1. The summed E-state index contributed by atoms with van der Waals surface area (Å²) in [6.07, 6.45) is -5.14. The summed E-state index contributed by atoms with van der Waals surface area (Å²) in [5.41, 5.74) is -0.166. The standard InChI is InChI=1S/C42H68O13/c1-20(2)9-8-10-21(3)28-23(52-36-33(50)31(48)29(46)24(17-43)53-36)16-40(7)26-15-22(45)35-38(4,5)27(55-37-34(51)32(49)30(47)25(18-44)54-37)11-12-42(35)19-41(26,42)14-13-39(28,40)6/h9,21,23-37,43-44,46-51H,8,10-19H2,1-7H3. The third-order valence-corrected chi connectivity index (χ3v) is 16.9. The van der Waals surface area contributed by atoms with Crippen LogP contribution in [0.2, 0.25) is 0 Å². The number of carbonyl (C=O) groups excluding carboxylic acids is 1. The van der Waals surface area contributed by atoms with E-state index in [2.05, 4.69) is 54.5 Å². The molecule has 13 heteroatoms. The second-order valence-electron chi connectivity index (χ2n) is 20.1. The van der Waals surface area contributed by atoms with Crippen LogP contribution in [0.5, 0.6) is 0 Å². The van der Waals surface area contributed by atoms with E-state index in [0.717, 1.165) is 38.5 Å². The molecule has 55 heavy (non-hydrogen) atoms. The van der Waals surface area contributed by atoms with E-state index in [-0.39, 0.29) is 57.2 Å². The molecule has 2 saturated heterocycles. The Balaban J connectivity index is 1.17. The summed E-state index contributed by atoms with van der Waals surface area (Å²) in [4.78, 5) is 14.8. The molecule has 0 aromatic carbocycles. The average molecular weight is 781 g/mol. The summed E-state index contributed by atoms with van der Waals surface area (Å²) < 4.78 is 24.8. The number of hydrogen-bond donors (Lipinski definition) is 8. The number of ether oxygens (including phenoxy) is 4. The molecule has 8 N–H and O–H groups in total. The van der Waals surface area contributed by atoms with Gasteiger partial charge in [-0.3, -0.25) is 4.79 Å². The van der Waals surface area contributed by atoms with Crippen LogP contribution in [0, 0.1) is 50.7 Å². The fourth-order valence-corrected chi connectivity index (χ4v) is 14.0. The summed E-state index contributed by atoms with van der Waals surface area (Å²) in [5.74, 6) is 0.295. The van der Waals surface area contributed by atoms with E-state index in [0.29, 0.717) is 19.3 Å². The lowest BCUT2D eigenvalue weighted by Gasteiger charge is -2.63. The Morgan fingerprint density at radius 1 is 0.800 bits per heavy atom. The molecule has 2 spiro atoms. The van der Waals surface area contributed by atoms with Crippen molar-refractivity contribution in [1.82, 2.24) is 0 Å². The molecular formula is C42H68O13. The zero-order chi connectivity index (χ0) is 40.2. The molecule has 2 aliphatic heterocycles.